The number of aromatic nitrogens is 1. The van der Waals surface area contributed by atoms with Gasteiger partial charge in [-0.1, -0.05) is 0 Å². The van der Waals surface area contributed by atoms with Gasteiger partial charge in [0.25, 0.3) is 0 Å². The van der Waals surface area contributed by atoms with Crippen molar-refractivity contribution in [1.82, 2.24) is 9.71 Å². The highest BCUT2D eigenvalue weighted by molar-refractivity contribution is 7.91. The number of hydrogen-bond donors (Lipinski definition) is 2. The highest BCUT2D eigenvalue weighted by Gasteiger charge is 2.54. The van der Waals surface area contributed by atoms with Gasteiger partial charge in [-0.25, -0.2) is 17.9 Å². The molecule has 0 aliphatic heterocycles. The molecule has 23 heavy (non-hydrogen) atoms. The second kappa shape index (κ2) is 5.85. The van der Waals surface area contributed by atoms with E-state index in [9.17, 15) is 18.3 Å². The zero-order chi connectivity index (χ0) is 16.7. The second-order valence-corrected chi connectivity index (χ2v) is 8.42. The lowest BCUT2D eigenvalue weighted by Crippen LogP contribution is -2.38. The molecule has 0 unspecified atom stereocenters. The zero-order valence-electron chi connectivity index (χ0n) is 12.9. The molecule has 2 fully saturated rings. The maximum atomic E-state index is 12.4. The van der Waals surface area contributed by atoms with Crippen molar-refractivity contribution in [3.05, 3.63) is 29.1 Å². The molecule has 2 aliphatic carbocycles. The van der Waals surface area contributed by atoms with Gasteiger partial charge in [0.2, 0.25) is 10.0 Å². The molecule has 8 heteroatoms. The van der Waals surface area contributed by atoms with E-state index in [0.29, 0.717) is 24.2 Å². The number of aromatic carboxylic acids is 1. The van der Waals surface area contributed by atoms with Crippen LogP contribution in [0.3, 0.4) is 0 Å². The van der Waals surface area contributed by atoms with Crippen LogP contribution in [-0.4, -0.2) is 42.9 Å². The SMILES string of the molecule is COCC1(S(=O)(=O)NCc2ccc(C(=O)O)c(C3CC3)n2)CC1. The van der Waals surface area contributed by atoms with Crippen LogP contribution in [0.5, 0.6) is 0 Å². The third-order valence-corrected chi connectivity index (χ3v) is 6.60. The smallest absolute Gasteiger partial charge is 0.337 e. The molecule has 0 atom stereocenters. The number of carboxylic acid groups (broad SMARTS) is 1. The number of pyridine rings is 1. The maximum absolute atomic E-state index is 12.4. The van der Waals surface area contributed by atoms with Crippen LogP contribution in [0.15, 0.2) is 12.1 Å². The van der Waals surface area contributed by atoms with Crippen molar-refractivity contribution in [3.63, 3.8) is 0 Å². The number of carboxylic acids is 1. The second-order valence-electron chi connectivity index (χ2n) is 6.26. The zero-order valence-corrected chi connectivity index (χ0v) is 13.7. The lowest BCUT2D eigenvalue weighted by atomic mass is 10.1. The molecular weight excluding hydrogens is 320 g/mol. The Labute approximate surface area is 135 Å². The predicted molar refractivity (Wildman–Crippen MR) is 82.8 cm³/mol. The average Bonchev–Trinajstić information content (AvgIpc) is 3.38. The minimum Gasteiger partial charge on any atom is -0.478 e. The topological polar surface area (TPSA) is 106 Å². The van der Waals surface area contributed by atoms with Gasteiger partial charge in [-0.3, -0.25) is 4.98 Å². The molecule has 2 aliphatic rings. The number of sulfonamides is 1. The van der Waals surface area contributed by atoms with Gasteiger partial charge in [0.05, 0.1) is 30.1 Å². The molecule has 3 rings (SSSR count). The lowest BCUT2D eigenvalue weighted by molar-refractivity contribution is 0.0695. The van der Waals surface area contributed by atoms with E-state index in [1.165, 1.54) is 13.2 Å². The number of nitrogens with zero attached hydrogens (tertiary/aromatic N) is 1. The van der Waals surface area contributed by atoms with Crippen LogP contribution in [0.25, 0.3) is 0 Å². The molecule has 0 bridgehead atoms. The van der Waals surface area contributed by atoms with Crippen LogP contribution >= 0.6 is 0 Å². The first-order chi connectivity index (χ1) is 10.9. The highest BCUT2D eigenvalue weighted by Crippen LogP contribution is 2.43. The Morgan fingerprint density at radius 2 is 2.13 bits per heavy atom. The van der Waals surface area contributed by atoms with E-state index in [-0.39, 0.29) is 24.6 Å². The summed E-state index contributed by atoms with van der Waals surface area (Å²) in [6.45, 7) is 0.244. The number of rotatable bonds is 8. The normalized spacial score (nSPS) is 19.5. The third kappa shape index (κ3) is 3.24. The van der Waals surface area contributed by atoms with E-state index in [1.54, 1.807) is 6.07 Å². The van der Waals surface area contributed by atoms with E-state index < -0.39 is 20.7 Å². The summed E-state index contributed by atoms with van der Waals surface area (Å²) in [7, 11) is -1.99. The van der Waals surface area contributed by atoms with Crippen molar-refractivity contribution >= 4 is 16.0 Å². The van der Waals surface area contributed by atoms with Crippen molar-refractivity contribution in [2.45, 2.75) is 42.9 Å². The Morgan fingerprint density at radius 1 is 1.43 bits per heavy atom. The molecule has 1 heterocycles. The van der Waals surface area contributed by atoms with Gasteiger partial charge in [-0.05, 0) is 37.8 Å². The summed E-state index contributed by atoms with van der Waals surface area (Å²) in [5.41, 5.74) is 1.30. The number of carbonyl (C=O) groups is 1. The quantitative estimate of drug-likeness (QED) is 0.738. The summed E-state index contributed by atoms with van der Waals surface area (Å²) in [5, 5.41) is 9.20. The van der Waals surface area contributed by atoms with E-state index in [0.717, 1.165) is 12.8 Å². The van der Waals surface area contributed by atoms with Crippen molar-refractivity contribution in [3.8, 4) is 0 Å². The van der Waals surface area contributed by atoms with E-state index in [2.05, 4.69) is 9.71 Å². The van der Waals surface area contributed by atoms with Crippen molar-refractivity contribution in [1.29, 1.82) is 0 Å². The number of nitrogens with one attached hydrogen (secondary N) is 1. The first-order valence-electron chi connectivity index (χ1n) is 7.60. The minimum absolute atomic E-state index is 0.0629. The van der Waals surface area contributed by atoms with Crippen LogP contribution in [0.4, 0.5) is 0 Å². The van der Waals surface area contributed by atoms with Crippen LogP contribution in [0.1, 0.15) is 53.3 Å². The molecule has 1 aromatic rings. The Hall–Kier alpha value is -1.51. The molecule has 0 saturated heterocycles. The van der Waals surface area contributed by atoms with Gasteiger partial charge in [-0.15, -0.1) is 0 Å². The Bertz CT molecular complexity index is 723. The fourth-order valence-corrected chi connectivity index (χ4v) is 4.24. The Balaban J connectivity index is 1.74. The van der Waals surface area contributed by atoms with Crippen molar-refractivity contribution in [2.75, 3.05) is 13.7 Å². The standard InChI is InChI=1S/C15H20N2O5S/c1-22-9-15(6-7-15)23(20,21)16-8-11-4-5-12(14(18)19)13(17-11)10-2-3-10/h4-5,10,16H,2-3,6-9H2,1H3,(H,18,19). The first kappa shape index (κ1) is 16.4. The fourth-order valence-electron chi connectivity index (χ4n) is 2.68. The van der Waals surface area contributed by atoms with Gasteiger partial charge < -0.3 is 9.84 Å². The van der Waals surface area contributed by atoms with Crippen molar-refractivity contribution in [2.24, 2.45) is 0 Å². The van der Waals surface area contributed by atoms with Gasteiger partial charge in [0.15, 0.2) is 0 Å². The average molecular weight is 340 g/mol. The number of ether oxygens (including phenoxy) is 1. The summed E-state index contributed by atoms with van der Waals surface area (Å²) in [5.74, 6) is -0.815. The van der Waals surface area contributed by atoms with E-state index >= 15 is 0 Å². The van der Waals surface area contributed by atoms with Gasteiger partial charge in [-0.2, -0.15) is 0 Å². The first-order valence-corrected chi connectivity index (χ1v) is 9.08. The summed E-state index contributed by atoms with van der Waals surface area (Å²) in [4.78, 5) is 15.6. The molecular formula is C15H20N2O5S. The maximum Gasteiger partial charge on any atom is 0.337 e. The highest BCUT2D eigenvalue weighted by atomic mass is 32.2. The molecule has 126 valence electrons. The fraction of sp³-hybridized carbons (Fsp3) is 0.600. The predicted octanol–water partition coefficient (Wildman–Crippen LogP) is 1.26. The monoisotopic (exact) mass is 340 g/mol. The third-order valence-electron chi connectivity index (χ3n) is 4.41. The number of hydrogen-bond acceptors (Lipinski definition) is 5. The largest absolute Gasteiger partial charge is 0.478 e. The summed E-state index contributed by atoms with van der Waals surface area (Å²) in [6, 6.07) is 3.07. The lowest BCUT2D eigenvalue weighted by Gasteiger charge is -2.16. The van der Waals surface area contributed by atoms with Crippen molar-refractivity contribution < 1.29 is 23.1 Å². The van der Waals surface area contributed by atoms with E-state index in [1.807, 2.05) is 0 Å². The minimum atomic E-state index is -3.48. The summed E-state index contributed by atoms with van der Waals surface area (Å²) in [6.07, 6.45) is 3.04. The molecule has 1 aromatic heterocycles. The van der Waals surface area contributed by atoms with E-state index in [4.69, 9.17) is 4.74 Å². The number of methoxy groups -OCH3 is 1. The molecule has 0 spiro atoms. The van der Waals surface area contributed by atoms with Gasteiger partial charge >= 0.3 is 5.97 Å². The van der Waals surface area contributed by atoms with Gasteiger partial charge in [0, 0.05) is 13.0 Å². The molecule has 2 N–H and O–H groups in total. The van der Waals surface area contributed by atoms with Crippen LogP contribution in [0.2, 0.25) is 0 Å². The van der Waals surface area contributed by atoms with Crippen LogP contribution in [-0.2, 0) is 21.3 Å². The summed E-state index contributed by atoms with van der Waals surface area (Å²) < 4.78 is 31.5. The molecule has 2 saturated carbocycles. The molecule has 7 nitrogen and oxygen atoms in total. The van der Waals surface area contributed by atoms with Crippen LogP contribution in [0, 0.1) is 0 Å². The summed E-state index contributed by atoms with van der Waals surface area (Å²) >= 11 is 0. The Kier molecular flexibility index (Phi) is 4.16. The molecule has 0 radical (unpaired) electrons. The van der Waals surface area contributed by atoms with Gasteiger partial charge in [0.1, 0.15) is 4.75 Å². The van der Waals surface area contributed by atoms with Crippen LogP contribution < -0.4 is 4.72 Å². The Morgan fingerprint density at radius 3 is 2.65 bits per heavy atom. The molecule has 0 amide bonds. The molecule has 0 aromatic carbocycles.